The minimum Gasteiger partial charge on any atom is -0.376 e. The zero-order chi connectivity index (χ0) is 23.1. The van der Waals surface area contributed by atoms with E-state index in [1.807, 2.05) is 42.2 Å². The average molecular weight is 448 g/mol. The molecule has 1 atom stereocenters. The predicted octanol–water partition coefficient (Wildman–Crippen LogP) is 4.42. The highest BCUT2D eigenvalue weighted by atomic mass is 19.4. The maximum Gasteiger partial charge on any atom is 0.416 e. The molecule has 2 amide bonds. The standard InChI is InChI=1S/C24H28F3N3O2/c1-2-21(17-7-4-3-5-8-17)23(32)30-13-11-19(12-14-30)29-22(31)16-28-20-10-6-9-18(15-20)24(25,26)27/h3-10,15,19,21,28H,2,11-14,16H2,1H3,(H,29,31). The molecule has 1 aliphatic rings. The molecule has 0 saturated carbocycles. The zero-order valence-electron chi connectivity index (χ0n) is 18.0. The molecule has 1 saturated heterocycles. The van der Waals surface area contributed by atoms with E-state index in [-0.39, 0.29) is 36.0 Å². The second kappa shape index (κ2) is 10.5. The number of hydrogen-bond acceptors (Lipinski definition) is 3. The van der Waals surface area contributed by atoms with Crippen molar-refractivity contribution in [2.24, 2.45) is 0 Å². The van der Waals surface area contributed by atoms with Crippen LogP contribution in [-0.2, 0) is 15.8 Å². The highest BCUT2D eigenvalue weighted by Crippen LogP contribution is 2.30. The van der Waals surface area contributed by atoms with Crippen molar-refractivity contribution in [2.75, 3.05) is 25.0 Å². The first-order valence-electron chi connectivity index (χ1n) is 10.8. The van der Waals surface area contributed by atoms with Crippen LogP contribution in [0.25, 0.3) is 0 Å². The average Bonchev–Trinajstić information content (AvgIpc) is 2.79. The molecule has 172 valence electrons. The summed E-state index contributed by atoms with van der Waals surface area (Å²) in [5.74, 6) is -0.350. The number of likely N-dealkylation sites (tertiary alicyclic amines) is 1. The molecule has 2 aromatic carbocycles. The van der Waals surface area contributed by atoms with Crippen molar-refractivity contribution >= 4 is 17.5 Å². The van der Waals surface area contributed by atoms with Crippen molar-refractivity contribution in [2.45, 2.75) is 44.3 Å². The molecule has 3 rings (SSSR count). The molecule has 1 aliphatic heterocycles. The number of nitrogens with zero attached hydrogens (tertiary/aromatic N) is 1. The molecule has 0 aliphatic carbocycles. The van der Waals surface area contributed by atoms with Gasteiger partial charge in [0.2, 0.25) is 11.8 Å². The van der Waals surface area contributed by atoms with Gasteiger partial charge in [-0.3, -0.25) is 9.59 Å². The van der Waals surface area contributed by atoms with Gasteiger partial charge in [0, 0.05) is 24.8 Å². The SMILES string of the molecule is CCC(C(=O)N1CCC(NC(=O)CNc2cccc(C(F)(F)F)c2)CC1)c1ccccc1. The van der Waals surface area contributed by atoms with Crippen molar-refractivity contribution in [3.63, 3.8) is 0 Å². The number of amides is 2. The van der Waals surface area contributed by atoms with Crippen molar-refractivity contribution in [3.05, 3.63) is 65.7 Å². The molecule has 5 nitrogen and oxygen atoms in total. The number of rotatable bonds is 7. The van der Waals surface area contributed by atoms with Gasteiger partial charge in [-0.2, -0.15) is 13.2 Å². The minimum atomic E-state index is -4.43. The van der Waals surface area contributed by atoms with E-state index in [1.165, 1.54) is 12.1 Å². The molecule has 1 heterocycles. The molecule has 32 heavy (non-hydrogen) atoms. The van der Waals surface area contributed by atoms with Gasteiger partial charge in [0.25, 0.3) is 0 Å². The molecule has 1 fully saturated rings. The molecular weight excluding hydrogens is 419 g/mol. The van der Waals surface area contributed by atoms with E-state index in [0.29, 0.717) is 25.9 Å². The topological polar surface area (TPSA) is 61.4 Å². The summed E-state index contributed by atoms with van der Waals surface area (Å²) in [5, 5.41) is 5.64. The number of hydrogen-bond donors (Lipinski definition) is 2. The Morgan fingerprint density at radius 3 is 2.38 bits per heavy atom. The van der Waals surface area contributed by atoms with Crippen LogP contribution in [0.15, 0.2) is 54.6 Å². The van der Waals surface area contributed by atoms with E-state index >= 15 is 0 Å². The first-order chi connectivity index (χ1) is 15.3. The molecule has 8 heteroatoms. The van der Waals surface area contributed by atoms with E-state index in [0.717, 1.165) is 24.1 Å². The first-order valence-corrected chi connectivity index (χ1v) is 10.8. The van der Waals surface area contributed by atoms with E-state index in [9.17, 15) is 22.8 Å². The van der Waals surface area contributed by atoms with Crippen LogP contribution < -0.4 is 10.6 Å². The lowest BCUT2D eigenvalue weighted by Gasteiger charge is -2.34. The van der Waals surface area contributed by atoms with Gasteiger partial charge in [-0.05, 0) is 43.0 Å². The van der Waals surface area contributed by atoms with Gasteiger partial charge in [0.05, 0.1) is 18.0 Å². The minimum absolute atomic E-state index is 0.0633. The van der Waals surface area contributed by atoms with Crippen molar-refractivity contribution in [1.82, 2.24) is 10.2 Å². The van der Waals surface area contributed by atoms with Crippen LogP contribution in [0.3, 0.4) is 0 Å². The van der Waals surface area contributed by atoms with Crippen LogP contribution in [-0.4, -0.2) is 42.4 Å². The van der Waals surface area contributed by atoms with Crippen molar-refractivity contribution < 1.29 is 22.8 Å². The van der Waals surface area contributed by atoms with E-state index in [2.05, 4.69) is 10.6 Å². The third-order valence-corrected chi connectivity index (χ3v) is 5.72. The number of halogens is 3. The number of benzene rings is 2. The summed E-state index contributed by atoms with van der Waals surface area (Å²) in [4.78, 5) is 27.1. The second-order valence-electron chi connectivity index (χ2n) is 7.97. The summed E-state index contributed by atoms with van der Waals surface area (Å²) in [6.07, 6.45) is -2.41. The smallest absolute Gasteiger partial charge is 0.376 e. The summed E-state index contributed by atoms with van der Waals surface area (Å²) in [7, 11) is 0. The Morgan fingerprint density at radius 2 is 1.75 bits per heavy atom. The first kappa shape index (κ1) is 23.6. The maximum absolute atomic E-state index is 13.0. The number of carbonyl (C=O) groups excluding carboxylic acids is 2. The zero-order valence-corrected chi connectivity index (χ0v) is 18.0. The molecular formula is C24H28F3N3O2. The van der Waals surface area contributed by atoms with Gasteiger partial charge < -0.3 is 15.5 Å². The molecule has 0 radical (unpaired) electrons. The summed E-state index contributed by atoms with van der Waals surface area (Å²) >= 11 is 0. The highest BCUT2D eigenvalue weighted by molar-refractivity contribution is 5.84. The van der Waals surface area contributed by atoms with Crippen molar-refractivity contribution in [3.8, 4) is 0 Å². The Balaban J connectivity index is 1.45. The van der Waals surface area contributed by atoms with Crippen LogP contribution in [0.5, 0.6) is 0 Å². The van der Waals surface area contributed by atoms with Gasteiger partial charge in [-0.1, -0.05) is 43.3 Å². The monoisotopic (exact) mass is 447 g/mol. The predicted molar refractivity (Wildman–Crippen MR) is 117 cm³/mol. The van der Waals surface area contributed by atoms with Gasteiger partial charge in [-0.25, -0.2) is 0 Å². The fourth-order valence-electron chi connectivity index (χ4n) is 3.97. The lowest BCUT2D eigenvalue weighted by atomic mass is 9.93. The third kappa shape index (κ3) is 6.24. The van der Waals surface area contributed by atoms with Crippen LogP contribution in [0.4, 0.5) is 18.9 Å². The van der Waals surface area contributed by atoms with Crippen LogP contribution in [0, 0.1) is 0 Å². The van der Waals surface area contributed by atoms with Crippen LogP contribution in [0.1, 0.15) is 43.2 Å². The Morgan fingerprint density at radius 1 is 1.06 bits per heavy atom. The summed E-state index contributed by atoms with van der Waals surface area (Å²) in [5.41, 5.74) is 0.485. The highest BCUT2D eigenvalue weighted by Gasteiger charge is 2.31. The quantitative estimate of drug-likeness (QED) is 0.661. The lowest BCUT2D eigenvalue weighted by Crippen LogP contribution is -2.48. The Bertz CT molecular complexity index is 910. The maximum atomic E-state index is 13.0. The summed E-state index contributed by atoms with van der Waals surface area (Å²) in [6.45, 7) is 3.01. The Hall–Kier alpha value is -3.03. The largest absolute Gasteiger partial charge is 0.416 e. The lowest BCUT2D eigenvalue weighted by molar-refractivity contribution is -0.137. The number of alkyl halides is 3. The van der Waals surface area contributed by atoms with Crippen LogP contribution >= 0.6 is 0 Å². The molecule has 2 aromatic rings. The van der Waals surface area contributed by atoms with Gasteiger partial charge in [-0.15, -0.1) is 0 Å². The number of carbonyl (C=O) groups is 2. The molecule has 0 aromatic heterocycles. The number of anilines is 1. The Labute approximate surface area is 186 Å². The normalized spacial score (nSPS) is 15.8. The third-order valence-electron chi connectivity index (χ3n) is 5.72. The van der Waals surface area contributed by atoms with E-state index in [1.54, 1.807) is 0 Å². The molecule has 0 spiro atoms. The molecule has 2 N–H and O–H groups in total. The summed E-state index contributed by atoms with van der Waals surface area (Å²) < 4.78 is 38.4. The molecule has 1 unspecified atom stereocenters. The molecule has 0 bridgehead atoms. The van der Waals surface area contributed by atoms with Gasteiger partial charge in [0.1, 0.15) is 0 Å². The van der Waals surface area contributed by atoms with E-state index in [4.69, 9.17) is 0 Å². The van der Waals surface area contributed by atoms with Gasteiger partial charge in [0.15, 0.2) is 0 Å². The number of nitrogens with one attached hydrogen (secondary N) is 2. The van der Waals surface area contributed by atoms with Gasteiger partial charge >= 0.3 is 6.18 Å². The van der Waals surface area contributed by atoms with E-state index < -0.39 is 11.7 Å². The number of piperidine rings is 1. The van der Waals surface area contributed by atoms with Crippen LogP contribution in [0.2, 0.25) is 0 Å². The van der Waals surface area contributed by atoms with Crippen molar-refractivity contribution in [1.29, 1.82) is 0 Å². The fourth-order valence-corrected chi connectivity index (χ4v) is 3.97. The Kier molecular flexibility index (Phi) is 7.77. The summed E-state index contributed by atoms with van der Waals surface area (Å²) in [6, 6.07) is 14.4. The second-order valence-corrected chi connectivity index (χ2v) is 7.97. The fraction of sp³-hybridized carbons (Fsp3) is 0.417.